The second-order valence-corrected chi connectivity index (χ2v) is 10.9. The second-order valence-electron chi connectivity index (χ2n) is 10.9. The Kier molecular flexibility index (Phi) is 8.74. The number of piperazine rings is 1. The van der Waals surface area contributed by atoms with Gasteiger partial charge in [-0.05, 0) is 65.2 Å². The average molecular weight is 527 g/mol. The number of amides is 2. The van der Waals surface area contributed by atoms with Crippen LogP contribution in [0.4, 0.5) is 20.7 Å². The topological polar surface area (TPSA) is 91.2 Å². The van der Waals surface area contributed by atoms with Crippen molar-refractivity contribution in [3.8, 4) is 0 Å². The molecule has 9 nitrogen and oxygen atoms in total. The number of aromatic nitrogens is 2. The van der Waals surface area contributed by atoms with Crippen molar-refractivity contribution < 1.29 is 18.7 Å². The first-order valence-electron chi connectivity index (χ1n) is 12.9. The number of halogens is 1. The zero-order valence-electron chi connectivity index (χ0n) is 23.9. The van der Waals surface area contributed by atoms with Crippen molar-refractivity contribution in [3.05, 3.63) is 46.7 Å². The minimum Gasteiger partial charge on any atom is -0.444 e. The van der Waals surface area contributed by atoms with Gasteiger partial charge in [-0.15, -0.1) is 0 Å². The summed E-state index contributed by atoms with van der Waals surface area (Å²) in [6.07, 6.45) is 2.03. The molecule has 0 spiro atoms. The smallest absolute Gasteiger partial charge is 0.410 e. The summed E-state index contributed by atoms with van der Waals surface area (Å²) in [5.74, 6) is 0.307. The third kappa shape index (κ3) is 6.11. The summed E-state index contributed by atoms with van der Waals surface area (Å²) in [6.45, 7) is 16.2. The molecule has 0 radical (unpaired) electrons. The van der Waals surface area contributed by atoms with Gasteiger partial charge in [0.1, 0.15) is 17.3 Å². The lowest BCUT2D eigenvalue weighted by molar-refractivity contribution is -0.106. The van der Waals surface area contributed by atoms with Crippen molar-refractivity contribution >= 4 is 29.8 Å². The number of aliphatic imine (C=N–C) groups is 1. The first-order chi connectivity index (χ1) is 17.8. The molecular formula is C28H39FN6O3. The van der Waals surface area contributed by atoms with Gasteiger partial charge in [-0.3, -0.25) is 19.7 Å². The number of ether oxygens (including phenoxy) is 1. The molecule has 0 bridgehead atoms. The lowest BCUT2D eigenvalue weighted by Gasteiger charge is -2.42. The summed E-state index contributed by atoms with van der Waals surface area (Å²) in [6, 6.07) is 3.06. The molecule has 1 saturated heterocycles. The Morgan fingerprint density at radius 1 is 1.29 bits per heavy atom. The first kappa shape index (κ1) is 29.0. The fraction of sp³-hybridized carbons (Fsp3) is 0.536. The van der Waals surface area contributed by atoms with Crippen LogP contribution in [0.25, 0.3) is 0 Å². The van der Waals surface area contributed by atoms with Gasteiger partial charge in [-0.2, -0.15) is 0 Å². The Morgan fingerprint density at radius 2 is 1.97 bits per heavy atom. The molecule has 38 heavy (non-hydrogen) atoms. The first-order valence-corrected chi connectivity index (χ1v) is 12.9. The highest BCUT2D eigenvalue weighted by molar-refractivity contribution is 6.06. The number of pyridine rings is 2. The van der Waals surface area contributed by atoms with E-state index in [1.807, 2.05) is 59.4 Å². The van der Waals surface area contributed by atoms with E-state index in [0.29, 0.717) is 43.1 Å². The molecule has 206 valence electrons. The molecule has 1 fully saturated rings. The summed E-state index contributed by atoms with van der Waals surface area (Å²) in [4.78, 5) is 44.0. The van der Waals surface area contributed by atoms with E-state index in [0.717, 1.165) is 11.3 Å². The minimum absolute atomic E-state index is 0.0395. The average Bonchev–Trinajstić information content (AvgIpc) is 2.83. The fourth-order valence-electron chi connectivity index (χ4n) is 4.60. The van der Waals surface area contributed by atoms with E-state index in [1.165, 1.54) is 11.0 Å². The number of aryl methyl sites for hydroxylation is 2. The van der Waals surface area contributed by atoms with Crippen molar-refractivity contribution in [3.63, 3.8) is 0 Å². The van der Waals surface area contributed by atoms with Crippen molar-refractivity contribution in [1.29, 1.82) is 0 Å². The van der Waals surface area contributed by atoms with Crippen LogP contribution >= 0.6 is 0 Å². The van der Waals surface area contributed by atoms with Crippen LogP contribution in [0.15, 0.2) is 23.3 Å². The van der Waals surface area contributed by atoms with Crippen molar-refractivity contribution in [2.75, 3.05) is 31.6 Å². The summed E-state index contributed by atoms with van der Waals surface area (Å²) in [5, 5.41) is 0. The van der Waals surface area contributed by atoms with E-state index in [9.17, 15) is 14.0 Å². The molecule has 0 aliphatic carbocycles. The number of hydrogen-bond acceptors (Lipinski definition) is 6. The molecule has 0 N–H and O–H groups in total. The van der Waals surface area contributed by atoms with Gasteiger partial charge in [0, 0.05) is 38.9 Å². The van der Waals surface area contributed by atoms with Gasteiger partial charge in [0.15, 0.2) is 5.82 Å². The molecule has 3 heterocycles. The molecule has 0 saturated carbocycles. The predicted octanol–water partition coefficient (Wildman–Crippen LogP) is 4.97. The maximum Gasteiger partial charge on any atom is 0.410 e. The van der Waals surface area contributed by atoms with Gasteiger partial charge >= 0.3 is 6.09 Å². The largest absolute Gasteiger partial charge is 0.444 e. The quantitative estimate of drug-likeness (QED) is 0.310. The predicted molar refractivity (Wildman–Crippen MR) is 147 cm³/mol. The minimum atomic E-state index is -0.592. The number of rotatable bonds is 5. The summed E-state index contributed by atoms with van der Waals surface area (Å²) in [7, 11) is 1.63. The summed E-state index contributed by atoms with van der Waals surface area (Å²) < 4.78 is 20.5. The number of hydrogen-bond donors (Lipinski definition) is 0. The Labute approximate surface area is 224 Å². The van der Waals surface area contributed by atoms with Gasteiger partial charge in [0.2, 0.25) is 6.41 Å². The Balaban J connectivity index is 2.06. The van der Waals surface area contributed by atoms with Crippen LogP contribution in [-0.2, 0) is 9.53 Å². The Hall–Kier alpha value is -3.56. The summed E-state index contributed by atoms with van der Waals surface area (Å²) in [5.41, 5.74) is 2.17. The third-order valence-electron chi connectivity index (χ3n) is 6.41. The summed E-state index contributed by atoms with van der Waals surface area (Å²) >= 11 is 0. The SMILES string of the molecule is CN=C(c1cc(F)c(C)nc1N(C=O)c1c(C)ccnc1C(C)C)N1CCN(C(=O)OC(C)(C)C)CC1C. The Bertz CT molecular complexity index is 1220. The molecule has 1 aliphatic heterocycles. The van der Waals surface area contributed by atoms with Gasteiger partial charge in [-0.25, -0.2) is 14.2 Å². The molecular weight excluding hydrogens is 487 g/mol. The van der Waals surface area contributed by atoms with E-state index in [1.54, 1.807) is 25.1 Å². The lowest BCUT2D eigenvalue weighted by Crippen LogP contribution is -2.56. The van der Waals surface area contributed by atoms with Gasteiger partial charge in [0.05, 0.1) is 22.6 Å². The zero-order valence-corrected chi connectivity index (χ0v) is 23.9. The van der Waals surface area contributed by atoms with Crippen LogP contribution in [0.5, 0.6) is 0 Å². The normalized spacial score (nSPS) is 16.6. The van der Waals surface area contributed by atoms with Gasteiger partial charge in [0.25, 0.3) is 0 Å². The molecule has 1 unspecified atom stereocenters. The maximum atomic E-state index is 15.0. The van der Waals surface area contributed by atoms with Crippen LogP contribution < -0.4 is 4.90 Å². The van der Waals surface area contributed by atoms with E-state index in [-0.39, 0.29) is 29.6 Å². The van der Waals surface area contributed by atoms with Crippen LogP contribution in [-0.4, -0.2) is 76.4 Å². The van der Waals surface area contributed by atoms with Crippen LogP contribution in [0, 0.1) is 19.7 Å². The number of nitrogens with zero attached hydrogens (tertiary/aromatic N) is 6. The lowest BCUT2D eigenvalue weighted by atomic mass is 10.0. The van der Waals surface area contributed by atoms with Crippen LogP contribution in [0.2, 0.25) is 0 Å². The molecule has 0 aromatic carbocycles. The van der Waals surface area contributed by atoms with Crippen molar-refractivity contribution in [2.24, 2.45) is 4.99 Å². The highest BCUT2D eigenvalue weighted by Gasteiger charge is 2.34. The van der Waals surface area contributed by atoms with Crippen molar-refractivity contribution in [2.45, 2.75) is 73.0 Å². The molecule has 1 atom stereocenters. The van der Waals surface area contributed by atoms with Crippen LogP contribution in [0.1, 0.15) is 70.0 Å². The standard InChI is InChI=1S/C28H39FN6O3/c1-17(2)23-24(18(3)10-11-31-23)35(16-36)26-21(14-22(29)20(5)32-26)25(30-9)34-13-12-33(15-19(34)4)27(37)38-28(6,7)8/h10-11,14,16-17,19H,12-13,15H2,1-9H3. The zero-order chi connectivity index (χ0) is 28.4. The fourth-order valence-corrected chi connectivity index (χ4v) is 4.60. The highest BCUT2D eigenvalue weighted by atomic mass is 19.1. The number of carbonyl (C=O) groups is 2. The van der Waals surface area contributed by atoms with E-state index in [2.05, 4.69) is 15.0 Å². The monoisotopic (exact) mass is 526 g/mol. The second kappa shape index (κ2) is 11.4. The maximum absolute atomic E-state index is 15.0. The van der Waals surface area contributed by atoms with Gasteiger partial charge < -0.3 is 14.5 Å². The van der Waals surface area contributed by atoms with E-state index >= 15 is 0 Å². The molecule has 1 aliphatic rings. The molecule has 10 heteroatoms. The number of anilines is 2. The van der Waals surface area contributed by atoms with Crippen LogP contribution in [0.3, 0.4) is 0 Å². The van der Waals surface area contributed by atoms with E-state index < -0.39 is 11.4 Å². The number of amidine groups is 1. The van der Waals surface area contributed by atoms with Crippen molar-refractivity contribution in [1.82, 2.24) is 19.8 Å². The number of carbonyl (C=O) groups excluding carboxylic acids is 2. The van der Waals surface area contributed by atoms with Gasteiger partial charge in [-0.1, -0.05) is 13.8 Å². The molecule has 3 rings (SSSR count). The Morgan fingerprint density at radius 3 is 2.53 bits per heavy atom. The molecule has 2 aromatic heterocycles. The molecule has 2 aromatic rings. The highest BCUT2D eigenvalue weighted by Crippen LogP contribution is 2.35. The molecule has 2 amide bonds. The van der Waals surface area contributed by atoms with E-state index in [4.69, 9.17) is 4.74 Å². The third-order valence-corrected chi connectivity index (χ3v) is 6.41.